The van der Waals surface area contributed by atoms with Crippen LogP contribution in [-0.2, 0) is 27.5 Å². The van der Waals surface area contributed by atoms with Crippen molar-refractivity contribution < 1.29 is 23.9 Å². The number of rotatable bonds is 6. The van der Waals surface area contributed by atoms with Crippen LogP contribution in [0.15, 0.2) is 65.7 Å². The number of nitrogens with one attached hydrogen (secondary N) is 2. The molecule has 0 fully saturated rings. The minimum atomic E-state index is -0.865. The zero-order valence-corrected chi connectivity index (χ0v) is 15.0. The summed E-state index contributed by atoms with van der Waals surface area (Å²) >= 11 is 0. The van der Waals surface area contributed by atoms with Gasteiger partial charge < -0.3 is 15.2 Å². The van der Waals surface area contributed by atoms with Gasteiger partial charge in [0.25, 0.3) is 0 Å². The fraction of sp³-hybridized carbons (Fsp3) is 0.158. The second-order valence-corrected chi connectivity index (χ2v) is 5.50. The van der Waals surface area contributed by atoms with Gasteiger partial charge in [0.15, 0.2) is 0 Å². The summed E-state index contributed by atoms with van der Waals surface area (Å²) < 4.78 is 10.1. The number of amides is 3. The summed E-state index contributed by atoms with van der Waals surface area (Å²) in [5.41, 5.74) is 6.60. The number of alkyl carbamates (subject to hydrolysis) is 2. The Morgan fingerprint density at radius 2 is 1.21 bits per heavy atom. The van der Waals surface area contributed by atoms with Crippen molar-refractivity contribution in [2.45, 2.75) is 13.2 Å². The normalized spacial score (nSPS) is 9.71. The first-order valence-corrected chi connectivity index (χ1v) is 8.31. The molecule has 2 aromatic carbocycles. The maximum atomic E-state index is 11.9. The van der Waals surface area contributed by atoms with Crippen molar-refractivity contribution in [2.75, 3.05) is 6.54 Å². The van der Waals surface area contributed by atoms with Gasteiger partial charge >= 0.3 is 12.2 Å². The highest BCUT2D eigenvalue weighted by molar-refractivity contribution is 6.01. The van der Waals surface area contributed by atoms with Crippen LogP contribution in [0.5, 0.6) is 0 Å². The predicted octanol–water partition coefficient (Wildman–Crippen LogP) is 1.68. The number of ether oxygens (including phenoxy) is 2. The summed E-state index contributed by atoms with van der Waals surface area (Å²) in [7, 11) is 0. The minimum absolute atomic E-state index is 0.0220. The van der Waals surface area contributed by atoms with E-state index in [0.29, 0.717) is 0 Å². The van der Waals surface area contributed by atoms with Crippen molar-refractivity contribution in [3.63, 3.8) is 0 Å². The second-order valence-electron chi connectivity index (χ2n) is 5.50. The van der Waals surface area contributed by atoms with Gasteiger partial charge in [0.05, 0.1) is 0 Å². The van der Waals surface area contributed by atoms with Gasteiger partial charge in [-0.05, 0) is 11.1 Å². The number of carbonyl (C=O) groups excluding carboxylic acids is 3. The first-order chi connectivity index (χ1) is 13.5. The SMILES string of the molecule is NC(=O)CN=C(NC(=O)OCc1ccccc1)NC(=O)OCc1ccccc1. The van der Waals surface area contributed by atoms with Crippen LogP contribution in [0.1, 0.15) is 11.1 Å². The molecular formula is C19H20N4O5. The minimum Gasteiger partial charge on any atom is -0.444 e. The quantitative estimate of drug-likeness (QED) is 0.515. The van der Waals surface area contributed by atoms with E-state index in [0.717, 1.165) is 11.1 Å². The molecular weight excluding hydrogens is 364 g/mol. The Morgan fingerprint density at radius 3 is 1.61 bits per heavy atom. The maximum absolute atomic E-state index is 11.9. The van der Waals surface area contributed by atoms with Crippen LogP contribution in [0.2, 0.25) is 0 Å². The topological polar surface area (TPSA) is 132 Å². The lowest BCUT2D eigenvalue weighted by atomic mass is 10.2. The lowest BCUT2D eigenvalue weighted by Crippen LogP contribution is -2.44. The molecule has 3 amide bonds. The van der Waals surface area contributed by atoms with Crippen molar-refractivity contribution >= 4 is 24.1 Å². The molecule has 0 atom stereocenters. The number of benzene rings is 2. The van der Waals surface area contributed by atoms with Gasteiger partial charge in [0.2, 0.25) is 11.9 Å². The van der Waals surface area contributed by atoms with Crippen LogP contribution in [0, 0.1) is 0 Å². The molecule has 0 aliphatic carbocycles. The van der Waals surface area contributed by atoms with E-state index in [4.69, 9.17) is 15.2 Å². The maximum Gasteiger partial charge on any atom is 0.414 e. The van der Waals surface area contributed by atoms with E-state index in [2.05, 4.69) is 15.6 Å². The number of carbonyl (C=O) groups is 3. The van der Waals surface area contributed by atoms with Crippen molar-refractivity contribution in [3.8, 4) is 0 Å². The summed E-state index contributed by atoms with van der Waals surface area (Å²) in [5, 5.41) is 4.48. The summed E-state index contributed by atoms with van der Waals surface area (Å²) in [4.78, 5) is 38.5. The number of aliphatic imine (C=N–C) groups is 1. The van der Waals surface area contributed by atoms with E-state index in [1.54, 1.807) is 48.5 Å². The lowest BCUT2D eigenvalue weighted by Gasteiger charge is -2.11. The van der Waals surface area contributed by atoms with Crippen LogP contribution < -0.4 is 16.4 Å². The molecule has 0 aliphatic rings. The van der Waals surface area contributed by atoms with Crippen LogP contribution in [0.3, 0.4) is 0 Å². The molecule has 0 bridgehead atoms. The van der Waals surface area contributed by atoms with E-state index in [9.17, 15) is 14.4 Å². The van der Waals surface area contributed by atoms with Crippen LogP contribution >= 0.6 is 0 Å². The number of hydrogen-bond acceptors (Lipinski definition) is 6. The predicted molar refractivity (Wildman–Crippen MR) is 101 cm³/mol. The van der Waals surface area contributed by atoms with E-state index < -0.39 is 24.6 Å². The first-order valence-electron chi connectivity index (χ1n) is 8.31. The fourth-order valence-electron chi connectivity index (χ4n) is 1.98. The monoisotopic (exact) mass is 384 g/mol. The molecule has 0 unspecified atom stereocenters. The number of nitrogens with zero attached hydrogens (tertiary/aromatic N) is 1. The Bertz CT molecular complexity index is 765. The lowest BCUT2D eigenvalue weighted by molar-refractivity contribution is -0.116. The Hall–Kier alpha value is -3.88. The summed E-state index contributed by atoms with van der Waals surface area (Å²) in [6.07, 6.45) is -1.73. The average molecular weight is 384 g/mol. The molecule has 2 aromatic rings. The molecule has 0 aliphatic heterocycles. The largest absolute Gasteiger partial charge is 0.444 e. The molecule has 28 heavy (non-hydrogen) atoms. The highest BCUT2D eigenvalue weighted by atomic mass is 16.6. The summed E-state index contributed by atoms with van der Waals surface area (Å²) in [6.45, 7) is -0.393. The van der Waals surface area contributed by atoms with E-state index >= 15 is 0 Å². The third kappa shape index (κ3) is 8.00. The Morgan fingerprint density at radius 1 is 0.786 bits per heavy atom. The van der Waals surface area contributed by atoms with Gasteiger partial charge in [-0.25, -0.2) is 14.6 Å². The molecule has 0 spiro atoms. The van der Waals surface area contributed by atoms with Gasteiger partial charge in [-0.3, -0.25) is 15.4 Å². The van der Waals surface area contributed by atoms with Crippen LogP contribution in [-0.4, -0.2) is 30.6 Å². The molecule has 0 saturated heterocycles. The highest BCUT2D eigenvalue weighted by Gasteiger charge is 2.12. The molecule has 2 rings (SSSR count). The average Bonchev–Trinajstić information content (AvgIpc) is 2.70. The molecule has 146 valence electrons. The van der Waals surface area contributed by atoms with E-state index in [-0.39, 0.29) is 19.2 Å². The summed E-state index contributed by atoms with van der Waals surface area (Å²) in [6, 6.07) is 18.0. The molecule has 0 saturated carbocycles. The van der Waals surface area contributed by atoms with Crippen LogP contribution in [0.25, 0.3) is 0 Å². The van der Waals surface area contributed by atoms with E-state index in [1.165, 1.54) is 0 Å². The third-order valence-corrected chi connectivity index (χ3v) is 3.26. The van der Waals surface area contributed by atoms with Crippen molar-refractivity contribution in [3.05, 3.63) is 71.8 Å². The zero-order chi connectivity index (χ0) is 20.2. The number of primary amides is 1. The number of guanidine groups is 1. The zero-order valence-electron chi connectivity index (χ0n) is 15.0. The fourth-order valence-corrected chi connectivity index (χ4v) is 1.98. The van der Waals surface area contributed by atoms with Crippen molar-refractivity contribution in [1.82, 2.24) is 10.6 Å². The van der Waals surface area contributed by atoms with Gasteiger partial charge in [-0.2, -0.15) is 0 Å². The molecule has 0 radical (unpaired) electrons. The van der Waals surface area contributed by atoms with E-state index in [1.807, 2.05) is 12.1 Å². The molecule has 9 nitrogen and oxygen atoms in total. The number of hydrogen-bond donors (Lipinski definition) is 3. The first kappa shape index (κ1) is 20.4. The van der Waals surface area contributed by atoms with Crippen LogP contribution in [0.4, 0.5) is 9.59 Å². The smallest absolute Gasteiger partial charge is 0.414 e. The van der Waals surface area contributed by atoms with Gasteiger partial charge in [0, 0.05) is 0 Å². The van der Waals surface area contributed by atoms with Gasteiger partial charge in [0.1, 0.15) is 19.8 Å². The third-order valence-electron chi connectivity index (χ3n) is 3.26. The standard InChI is InChI=1S/C19H20N4O5/c20-16(24)11-21-17(22-18(25)27-12-14-7-3-1-4-8-14)23-19(26)28-13-15-9-5-2-6-10-15/h1-10H,11-13H2,(H2,20,24)(H2,21,22,23,25,26). The Kier molecular flexibility index (Phi) is 8.00. The molecule has 0 aromatic heterocycles. The second kappa shape index (κ2) is 11.0. The summed E-state index contributed by atoms with van der Waals surface area (Å²) in [5.74, 6) is -1.05. The van der Waals surface area contributed by atoms with Crippen molar-refractivity contribution in [1.29, 1.82) is 0 Å². The Labute approximate surface area is 161 Å². The molecule has 0 heterocycles. The van der Waals surface area contributed by atoms with Crippen molar-refractivity contribution in [2.24, 2.45) is 10.7 Å². The molecule has 9 heteroatoms. The number of nitrogens with two attached hydrogens (primary N) is 1. The highest BCUT2D eigenvalue weighted by Crippen LogP contribution is 2.01. The Balaban J connectivity index is 1.87. The van der Waals surface area contributed by atoms with Gasteiger partial charge in [-0.1, -0.05) is 60.7 Å². The molecule has 4 N–H and O–H groups in total. The van der Waals surface area contributed by atoms with Gasteiger partial charge in [-0.15, -0.1) is 0 Å².